The summed E-state index contributed by atoms with van der Waals surface area (Å²) in [4.78, 5) is 23.9. The highest BCUT2D eigenvalue weighted by molar-refractivity contribution is 5.92. The van der Waals surface area contributed by atoms with Crippen LogP contribution in [0.4, 0.5) is 5.88 Å². The van der Waals surface area contributed by atoms with Crippen LogP contribution < -0.4 is 5.73 Å². The van der Waals surface area contributed by atoms with E-state index in [1.807, 2.05) is 6.92 Å². The zero-order chi connectivity index (χ0) is 14.0. The molecular weight excluding hydrogens is 250 g/mol. The van der Waals surface area contributed by atoms with Crippen molar-refractivity contribution < 1.29 is 14.1 Å². The minimum atomic E-state index is -0.654. The summed E-state index contributed by atoms with van der Waals surface area (Å²) in [5.41, 5.74) is 5.64. The molecule has 0 aliphatic carbocycles. The minimum absolute atomic E-state index is 0.0104. The number of nitro groups is 1. The second-order valence-electron chi connectivity index (χ2n) is 4.88. The van der Waals surface area contributed by atoms with E-state index in [1.165, 1.54) is 12.1 Å². The molecule has 1 aromatic rings. The average Bonchev–Trinajstić information content (AvgIpc) is 2.88. The van der Waals surface area contributed by atoms with Gasteiger partial charge in [0.15, 0.2) is 5.76 Å². The number of amides is 1. The van der Waals surface area contributed by atoms with E-state index in [0.29, 0.717) is 13.1 Å². The lowest BCUT2D eigenvalue weighted by Crippen LogP contribution is -2.47. The first kappa shape index (κ1) is 13.5. The lowest BCUT2D eigenvalue weighted by atomic mass is 9.93. The molecule has 1 saturated heterocycles. The molecule has 1 aromatic heterocycles. The standard InChI is InChI=1S/C12H17N3O4/c1-8-2-3-9(6-13)7-14(8)12(16)10-4-5-11(19-10)15(17)18/h4-5,8-9H,2-3,6-7,13H2,1H3. The molecule has 2 heterocycles. The van der Waals surface area contributed by atoms with Crippen LogP contribution in [0.25, 0.3) is 0 Å². The van der Waals surface area contributed by atoms with Crippen LogP contribution in [0.15, 0.2) is 16.5 Å². The van der Waals surface area contributed by atoms with E-state index in [4.69, 9.17) is 10.2 Å². The van der Waals surface area contributed by atoms with Gasteiger partial charge in [-0.2, -0.15) is 0 Å². The molecule has 104 valence electrons. The van der Waals surface area contributed by atoms with E-state index in [0.717, 1.165) is 12.8 Å². The van der Waals surface area contributed by atoms with Crippen molar-refractivity contribution >= 4 is 11.8 Å². The van der Waals surface area contributed by atoms with Gasteiger partial charge in [0.05, 0.1) is 6.07 Å². The van der Waals surface area contributed by atoms with E-state index in [9.17, 15) is 14.9 Å². The van der Waals surface area contributed by atoms with Gasteiger partial charge in [0.25, 0.3) is 5.91 Å². The predicted octanol–water partition coefficient (Wildman–Crippen LogP) is 1.39. The Labute approximate surface area is 110 Å². The summed E-state index contributed by atoms with van der Waals surface area (Å²) < 4.78 is 4.96. The summed E-state index contributed by atoms with van der Waals surface area (Å²) in [5.74, 6) is -0.427. The lowest BCUT2D eigenvalue weighted by molar-refractivity contribution is -0.402. The Morgan fingerprint density at radius 2 is 2.32 bits per heavy atom. The number of hydrogen-bond acceptors (Lipinski definition) is 5. The molecule has 7 heteroatoms. The van der Waals surface area contributed by atoms with Gasteiger partial charge in [-0.1, -0.05) is 0 Å². The van der Waals surface area contributed by atoms with Crippen LogP contribution in [-0.2, 0) is 0 Å². The molecule has 0 radical (unpaired) electrons. The molecule has 2 N–H and O–H groups in total. The molecule has 0 bridgehead atoms. The normalized spacial score (nSPS) is 23.4. The van der Waals surface area contributed by atoms with Crippen molar-refractivity contribution in [3.63, 3.8) is 0 Å². The van der Waals surface area contributed by atoms with Crippen LogP contribution in [-0.4, -0.2) is 34.9 Å². The summed E-state index contributed by atoms with van der Waals surface area (Å²) in [6.45, 7) is 3.07. The second kappa shape index (κ2) is 5.40. The SMILES string of the molecule is CC1CCC(CN)CN1C(=O)c1ccc([N+](=O)[O-])o1. The van der Waals surface area contributed by atoms with Crippen molar-refractivity contribution in [1.82, 2.24) is 4.90 Å². The van der Waals surface area contributed by atoms with Gasteiger partial charge in [0.1, 0.15) is 4.92 Å². The van der Waals surface area contributed by atoms with Crippen LogP contribution in [0.5, 0.6) is 0 Å². The number of carbonyl (C=O) groups excluding carboxylic acids is 1. The number of furan rings is 1. The first-order valence-electron chi connectivity index (χ1n) is 6.28. The largest absolute Gasteiger partial charge is 0.433 e. The van der Waals surface area contributed by atoms with Crippen LogP contribution in [0.3, 0.4) is 0 Å². The molecule has 0 saturated carbocycles. The molecule has 2 unspecified atom stereocenters. The van der Waals surface area contributed by atoms with Gasteiger partial charge in [-0.25, -0.2) is 0 Å². The Hall–Kier alpha value is -1.89. The van der Waals surface area contributed by atoms with E-state index < -0.39 is 10.8 Å². The van der Waals surface area contributed by atoms with Crippen molar-refractivity contribution in [2.45, 2.75) is 25.8 Å². The summed E-state index contributed by atoms with van der Waals surface area (Å²) in [6, 6.07) is 2.64. The summed E-state index contributed by atoms with van der Waals surface area (Å²) in [5, 5.41) is 10.5. The number of piperidine rings is 1. The summed E-state index contributed by atoms with van der Waals surface area (Å²) >= 11 is 0. The van der Waals surface area contributed by atoms with E-state index in [-0.39, 0.29) is 23.6 Å². The van der Waals surface area contributed by atoms with E-state index >= 15 is 0 Å². The first-order valence-corrected chi connectivity index (χ1v) is 6.28. The molecule has 0 aromatic carbocycles. The fourth-order valence-electron chi connectivity index (χ4n) is 2.34. The second-order valence-corrected chi connectivity index (χ2v) is 4.88. The number of rotatable bonds is 3. The highest BCUT2D eigenvalue weighted by Gasteiger charge is 2.31. The Morgan fingerprint density at radius 1 is 1.58 bits per heavy atom. The Morgan fingerprint density at radius 3 is 2.89 bits per heavy atom. The molecule has 1 aliphatic heterocycles. The maximum Gasteiger partial charge on any atom is 0.433 e. The van der Waals surface area contributed by atoms with Crippen LogP contribution in [0.1, 0.15) is 30.3 Å². The molecule has 1 amide bonds. The topological polar surface area (TPSA) is 103 Å². The Kier molecular flexibility index (Phi) is 3.84. The molecule has 1 aliphatic rings. The molecule has 0 spiro atoms. The van der Waals surface area contributed by atoms with Crippen LogP contribution in [0.2, 0.25) is 0 Å². The molecule has 2 rings (SSSR count). The fourth-order valence-corrected chi connectivity index (χ4v) is 2.34. The van der Waals surface area contributed by atoms with Gasteiger partial charge in [-0.05, 0) is 38.3 Å². The van der Waals surface area contributed by atoms with Crippen LogP contribution >= 0.6 is 0 Å². The Balaban J connectivity index is 2.14. The van der Waals surface area contributed by atoms with E-state index in [2.05, 4.69) is 0 Å². The Bertz CT molecular complexity index is 485. The van der Waals surface area contributed by atoms with Crippen molar-refractivity contribution in [2.75, 3.05) is 13.1 Å². The van der Waals surface area contributed by atoms with Crippen molar-refractivity contribution in [3.8, 4) is 0 Å². The quantitative estimate of drug-likeness (QED) is 0.658. The number of nitrogens with zero attached hydrogens (tertiary/aromatic N) is 2. The molecule has 19 heavy (non-hydrogen) atoms. The molecular formula is C12H17N3O4. The smallest absolute Gasteiger partial charge is 0.395 e. The van der Waals surface area contributed by atoms with E-state index in [1.54, 1.807) is 4.90 Å². The van der Waals surface area contributed by atoms with Crippen molar-refractivity contribution in [3.05, 3.63) is 28.0 Å². The average molecular weight is 267 g/mol. The zero-order valence-corrected chi connectivity index (χ0v) is 10.7. The van der Waals surface area contributed by atoms with Gasteiger partial charge >= 0.3 is 5.88 Å². The van der Waals surface area contributed by atoms with Gasteiger partial charge < -0.3 is 15.1 Å². The summed E-state index contributed by atoms with van der Waals surface area (Å²) in [7, 11) is 0. The fraction of sp³-hybridized carbons (Fsp3) is 0.583. The number of hydrogen-bond donors (Lipinski definition) is 1. The molecule has 7 nitrogen and oxygen atoms in total. The number of nitrogens with two attached hydrogens (primary N) is 1. The third kappa shape index (κ3) is 2.76. The first-order chi connectivity index (χ1) is 9.02. The monoisotopic (exact) mass is 267 g/mol. The predicted molar refractivity (Wildman–Crippen MR) is 67.6 cm³/mol. The van der Waals surface area contributed by atoms with Crippen LogP contribution in [0, 0.1) is 16.0 Å². The number of carbonyl (C=O) groups is 1. The highest BCUT2D eigenvalue weighted by Crippen LogP contribution is 2.25. The van der Waals surface area contributed by atoms with Gasteiger partial charge in [0, 0.05) is 12.6 Å². The highest BCUT2D eigenvalue weighted by atomic mass is 16.6. The van der Waals surface area contributed by atoms with Gasteiger partial charge in [0.2, 0.25) is 0 Å². The maximum atomic E-state index is 12.3. The lowest BCUT2D eigenvalue weighted by Gasteiger charge is -2.37. The zero-order valence-electron chi connectivity index (χ0n) is 10.7. The minimum Gasteiger partial charge on any atom is -0.395 e. The van der Waals surface area contributed by atoms with Gasteiger partial charge in [-0.3, -0.25) is 14.9 Å². The third-order valence-corrected chi connectivity index (χ3v) is 3.56. The van der Waals surface area contributed by atoms with Crippen molar-refractivity contribution in [1.29, 1.82) is 0 Å². The molecule has 2 atom stereocenters. The summed E-state index contributed by atoms with van der Waals surface area (Å²) in [6.07, 6.45) is 1.89. The van der Waals surface area contributed by atoms with Gasteiger partial charge in [-0.15, -0.1) is 0 Å². The number of likely N-dealkylation sites (tertiary alicyclic amines) is 1. The maximum absolute atomic E-state index is 12.3. The van der Waals surface area contributed by atoms with Crippen molar-refractivity contribution in [2.24, 2.45) is 11.7 Å². The molecule has 1 fully saturated rings. The third-order valence-electron chi connectivity index (χ3n) is 3.56.